The molecule has 0 fully saturated rings. The summed E-state index contributed by atoms with van der Waals surface area (Å²) >= 11 is 0. The molecular weight excluding hydrogens is 232 g/mol. The van der Waals surface area contributed by atoms with E-state index < -0.39 is 30.2 Å². The highest BCUT2D eigenvalue weighted by atomic mass is 16.4. The number of primary amides is 2. The third-order valence-corrected chi connectivity index (χ3v) is 1.56. The van der Waals surface area contributed by atoms with Crippen molar-refractivity contribution in [2.24, 2.45) is 11.5 Å². The van der Waals surface area contributed by atoms with Gasteiger partial charge in [0.15, 0.2) is 0 Å². The summed E-state index contributed by atoms with van der Waals surface area (Å²) in [5, 5.41) is 10.4. The number of nitrogens with zero attached hydrogens (tertiary/aromatic N) is 1. The molecule has 0 aliphatic heterocycles. The van der Waals surface area contributed by atoms with Gasteiger partial charge in [0.2, 0.25) is 17.7 Å². The first-order valence-electron chi connectivity index (χ1n) is 4.58. The molecule has 3 amide bonds. The Kier molecular flexibility index (Phi) is 6.26. The van der Waals surface area contributed by atoms with Gasteiger partial charge in [0, 0.05) is 0 Å². The SMILES string of the molecule is NC(=O)CN(CC(N)=O)CC(=O)NCC(=O)O. The molecule has 0 aliphatic carbocycles. The third-order valence-electron chi connectivity index (χ3n) is 1.56. The van der Waals surface area contributed by atoms with Crippen LogP contribution in [0.25, 0.3) is 0 Å². The van der Waals surface area contributed by atoms with E-state index in [4.69, 9.17) is 16.6 Å². The van der Waals surface area contributed by atoms with Crippen LogP contribution in [-0.2, 0) is 19.2 Å². The van der Waals surface area contributed by atoms with Gasteiger partial charge in [0.1, 0.15) is 6.54 Å². The molecule has 0 atom stereocenters. The van der Waals surface area contributed by atoms with E-state index >= 15 is 0 Å². The monoisotopic (exact) mass is 246 g/mol. The van der Waals surface area contributed by atoms with Crippen LogP contribution < -0.4 is 16.8 Å². The van der Waals surface area contributed by atoms with Crippen molar-refractivity contribution in [3.8, 4) is 0 Å². The number of carbonyl (C=O) groups excluding carboxylic acids is 3. The lowest BCUT2D eigenvalue weighted by molar-refractivity contribution is -0.138. The normalized spacial score (nSPS) is 9.94. The smallest absolute Gasteiger partial charge is 0.322 e. The summed E-state index contributed by atoms with van der Waals surface area (Å²) in [6.07, 6.45) is 0. The molecule has 0 rings (SSSR count). The molecule has 9 nitrogen and oxygen atoms in total. The van der Waals surface area contributed by atoms with Crippen LogP contribution in [0, 0.1) is 0 Å². The highest BCUT2D eigenvalue weighted by molar-refractivity contribution is 5.84. The van der Waals surface area contributed by atoms with Gasteiger partial charge in [-0.1, -0.05) is 0 Å². The van der Waals surface area contributed by atoms with Crippen molar-refractivity contribution in [2.45, 2.75) is 0 Å². The van der Waals surface area contributed by atoms with Crippen molar-refractivity contribution in [3.05, 3.63) is 0 Å². The van der Waals surface area contributed by atoms with Crippen LogP contribution in [0.3, 0.4) is 0 Å². The Hall–Kier alpha value is -2.16. The van der Waals surface area contributed by atoms with Crippen molar-refractivity contribution in [3.63, 3.8) is 0 Å². The van der Waals surface area contributed by atoms with Crippen LogP contribution in [0.2, 0.25) is 0 Å². The first-order chi connectivity index (χ1) is 7.81. The van der Waals surface area contributed by atoms with Gasteiger partial charge in [-0.2, -0.15) is 0 Å². The summed E-state index contributed by atoms with van der Waals surface area (Å²) in [6, 6.07) is 0. The second-order valence-corrected chi connectivity index (χ2v) is 3.25. The number of hydrogen-bond donors (Lipinski definition) is 4. The van der Waals surface area contributed by atoms with Gasteiger partial charge in [-0.15, -0.1) is 0 Å². The molecule has 17 heavy (non-hydrogen) atoms. The number of nitrogens with one attached hydrogen (secondary N) is 1. The summed E-state index contributed by atoms with van der Waals surface area (Å²) < 4.78 is 0. The molecule has 0 aromatic heterocycles. The van der Waals surface area contributed by atoms with E-state index in [2.05, 4.69) is 5.32 Å². The van der Waals surface area contributed by atoms with Crippen LogP contribution in [-0.4, -0.2) is 59.9 Å². The Morgan fingerprint density at radius 1 is 1.00 bits per heavy atom. The summed E-state index contributed by atoms with van der Waals surface area (Å²) in [5.74, 6) is -3.29. The summed E-state index contributed by atoms with van der Waals surface area (Å²) in [4.78, 5) is 43.8. The van der Waals surface area contributed by atoms with Gasteiger partial charge in [0.05, 0.1) is 19.6 Å². The summed E-state index contributed by atoms with van der Waals surface area (Å²) in [7, 11) is 0. The maximum Gasteiger partial charge on any atom is 0.322 e. The average molecular weight is 246 g/mol. The number of hydrogen-bond acceptors (Lipinski definition) is 5. The molecule has 0 aliphatic rings. The molecule has 0 spiro atoms. The van der Waals surface area contributed by atoms with Crippen molar-refractivity contribution < 1.29 is 24.3 Å². The second kappa shape index (κ2) is 7.17. The summed E-state index contributed by atoms with van der Waals surface area (Å²) in [6.45, 7) is -1.51. The van der Waals surface area contributed by atoms with Crippen LogP contribution in [0.15, 0.2) is 0 Å². The molecule has 0 saturated heterocycles. The lowest BCUT2D eigenvalue weighted by atomic mass is 10.4. The zero-order valence-electron chi connectivity index (χ0n) is 9.01. The quantitative estimate of drug-likeness (QED) is 0.347. The number of carboxylic acids is 1. The molecule has 0 bridgehead atoms. The predicted octanol–water partition coefficient (Wildman–Crippen LogP) is -3.54. The van der Waals surface area contributed by atoms with Crippen LogP contribution in [0.4, 0.5) is 0 Å². The van der Waals surface area contributed by atoms with Crippen LogP contribution in [0.1, 0.15) is 0 Å². The second-order valence-electron chi connectivity index (χ2n) is 3.25. The Labute approximate surface area is 96.7 Å². The average Bonchev–Trinajstić information content (AvgIpc) is 2.12. The van der Waals surface area contributed by atoms with Gasteiger partial charge in [-0.05, 0) is 0 Å². The lowest BCUT2D eigenvalue weighted by Crippen LogP contribution is -2.45. The Bertz CT molecular complexity index is 314. The minimum absolute atomic E-state index is 0.316. The Balaban J connectivity index is 4.21. The van der Waals surface area contributed by atoms with E-state index in [9.17, 15) is 19.2 Å². The first-order valence-corrected chi connectivity index (χ1v) is 4.58. The zero-order valence-corrected chi connectivity index (χ0v) is 9.01. The Morgan fingerprint density at radius 3 is 1.82 bits per heavy atom. The molecule has 96 valence electrons. The fourth-order valence-corrected chi connectivity index (χ4v) is 1.04. The van der Waals surface area contributed by atoms with Gasteiger partial charge >= 0.3 is 5.97 Å². The van der Waals surface area contributed by atoms with Gasteiger partial charge in [-0.25, -0.2) is 0 Å². The fraction of sp³-hybridized carbons (Fsp3) is 0.500. The molecule has 0 aromatic rings. The van der Waals surface area contributed by atoms with E-state index in [1.54, 1.807) is 0 Å². The molecule has 6 N–H and O–H groups in total. The van der Waals surface area contributed by atoms with E-state index in [0.29, 0.717) is 0 Å². The van der Waals surface area contributed by atoms with E-state index in [1.165, 1.54) is 0 Å². The molecular formula is C8H14N4O5. The van der Waals surface area contributed by atoms with E-state index in [1.807, 2.05) is 0 Å². The number of rotatable bonds is 8. The maximum atomic E-state index is 11.2. The van der Waals surface area contributed by atoms with Crippen molar-refractivity contribution in [1.82, 2.24) is 10.2 Å². The Morgan fingerprint density at radius 2 is 1.47 bits per heavy atom. The van der Waals surface area contributed by atoms with Gasteiger partial charge < -0.3 is 21.9 Å². The van der Waals surface area contributed by atoms with Crippen LogP contribution >= 0.6 is 0 Å². The largest absolute Gasteiger partial charge is 0.480 e. The lowest BCUT2D eigenvalue weighted by Gasteiger charge is -2.17. The van der Waals surface area contributed by atoms with Crippen LogP contribution in [0.5, 0.6) is 0 Å². The third kappa shape index (κ3) is 8.81. The maximum absolute atomic E-state index is 11.2. The molecule has 0 heterocycles. The topological polar surface area (TPSA) is 156 Å². The van der Waals surface area contributed by atoms with Crippen molar-refractivity contribution >= 4 is 23.7 Å². The highest BCUT2D eigenvalue weighted by Crippen LogP contribution is 1.87. The van der Waals surface area contributed by atoms with E-state index in [-0.39, 0.29) is 19.6 Å². The predicted molar refractivity (Wildman–Crippen MR) is 55.5 cm³/mol. The molecule has 0 unspecified atom stereocenters. The molecule has 0 radical (unpaired) electrons. The number of nitrogens with two attached hydrogens (primary N) is 2. The minimum atomic E-state index is -1.20. The highest BCUT2D eigenvalue weighted by Gasteiger charge is 2.15. The number of carboxylic acid groups (broad SMARTS) is 1. The minimum Gasteiger partial charge on any atom is -0.480 e. The number of amides is 3. The number of aliphatic carboxylic acids is 1. The molecule has 9 heteroatoms. The van der Waals surface area contributed by atoms with Gasteiger partial charge in [0.25, 0.3) is 0 Å². The molecule has 0 saturated carbocycles. The van der Waals surface area contributed by atoms with E-state index in [0.717, 1.165) is 4.90 Å². The standard InChI is InChI=1S/C8H14N4O5/c9-5(13)2-12(3-6(10)14)4-7(15)11-1-8(16)17/h1-4H2,(H2,9,13)(H2,10,14)(H,11,15)(H,16,17). The zero-order chi connectivity index (χ0) is 13.4. The fourth-order valence-electron chi connectivity index (χ4n) is 1.04. The van der Waals surface area contributed by atoms with Crippen molar-refractivity contribution in [1.29, 1.82) is 0 Å². The number of carbonyl (C=O) groups is 4. The molecule has 0 aromatic carbocycles. The van der Waals surface area contributed by atoms with Crippen molar-refractivity contribution in [2.75, 3.05) is 26.2 Å². The summed E-state index contributed by atoms with van der Waals surface area (Å²) in [5.41, 5.74) is 9.82. The van der Waals surface area contributed by atoms with Gasteiger partial charge in [-0.3, -0.25) is 24.1 Å². The first kappa shape index (κ1) is 14.8.